The van der Waals surface area contributed by atoms with Crippen LogP contribution in [0.15, 0.2) is 18.2 Å². The second-order valence-electron chi connectivity index (χ2n) is 5.00. The molecule has 1 aromatic carbocycles. The fourth-order valence-electron chi connectivity index (χ4n) is 2.26. The highest BCUT2D eigenvalue weighted by molar-refractivity contribution is 5.70. The van der Waals surface area contributed by atoms with E-state index in [1.165, 1.54) is 12.1 Å². The van der Waals surface area contributed by atoms with Gasteiger partial charge >= 0.3 is 5.97 Å². The zero-order chi connectivity index (χ0) is 14.0. The van der Waals surface area contributed by atoms with Gasteiger partial charge in [-0.05, 0) is 24.1 Å². The monoisotopic (exact) mass is 262 g/mol. The van der Waals surface area contributed by atoms with Gasteiger partial charge < -0.3 is 5.11 Å². The third kappa shape index (κ3) is 2.91. The van der Waals surface area contributed by atoms with Crippen molar-refractivity contribution in [3.05, 3.63) is 35.1 Å². The maximum atomic E-state index is 13.6. The number of carbonyl (C=O) groups is 1. The molecule has 0 bridgehead atoms. The topological polar surface area (TPSA) is 64.3 Å². The first kappa shape index (κ1) is 13.5. The number of hydrogen-bond acceptors (Lipinski definition) is 3. The van der Waals surface area contributed by atoms with Crippen LogP contribution in [0.3, 0.4) is 0 Å². The molecule has 1 fully saturated rings. The number of halogens is 1. The van der Waals surface area contributed by atoms with E-state index in [-0.39, 0.29) is 17.7 Å². The van der Waals surface area contributed by atoms with Crippen LogP contribution in [0, 0.1) is 29.0 Å². The molecule has 0 saturated carbocycles. The maximum Gasteiger partial charge on any atom is 0.306 e. The molecule has 100 valence electrons. The zero-order valence-electron chi connectivity index (χ0n) is 10.6. The Labute approximate surface area is 111 Å². The third-order valence-electron chi connectivity index (χ3n) is 3.65. The van der Waals surface area contributed by atoms with E-state index in [1.807, 2.05) is 11.0 Å². The SMILES string of the molecule is CC(C(=O)O)C1CN(Cc2cc(C#N)ccc2F)C1. The summed E-state index contributed by atoms with van der Waals surface area (Å²) in [4.78, 5) is 12.8. The molecule has 2 rings (SSSR count). The number of aliphatic carboxylic acids is 1. The average molecular weight is 262 g/mol. The first-order chi connectivity index (χ1) is 9.01. The summed E-state index contributed by atoms with van der Waals surface area (Å²) in [6.07, 6.45) is 0. The molecule has 0 spiro atoms. The molecule has 0 radical (unpaired) electrons. The molecule has 1 heterocycles. The average Bonchev–Trinajstić information content (AvgIpc) is 2.34. The molecule has 1 saturated heterocycles. The number of nitriles is 1. The molecule has 19 heavy (non-hydrogen) atoms. The van der Waals surface area contributed by atoms with Crippen molar-refractivity contribution < 1.29 is 14.3 Å². The minimum atomic E-state index is -0.790. The number of nitrogens with zero attached hydrogens (tertiary/aromatic N) is 2. The highest BCUT2D eigenvalue weighted by atomic mass is 19.1. The van der Waals surface area contributed by atoms with Crippen LogP contribution < -0.4 is 0 Å². The molecular formula is C14H15FN2O2. The van der Waals surface area contributed by atoms with Crippen molar-refractivity contribution in [2.75, 3.05) is 13.1 Å². The molecule has 4 nitrogen and oxygen atoms in total. The fraction of sp³-hybridized carbons (Fsp3) is 0.429. The highest BCUT2D eigenvalue weighted by Gasteiger charge is 2.34. The Bertz CT molecular complexity index is 533. The summed E-state index contributed by atoms with van der Waals surface area (Å²) in [6.45, 7) is 3.43. The van der Waals surface area contributed by atoms with Gasteiger partial charge in [0.25, 0.3) is 0 Å². The van der Waals surface area contributed by atoms with Crippen LogP contribution in [0.25, 0.3) is 0 Å². The molecule has 1 unspecified atom stereocenters. The molecule has 1 atom stereocenters. The predicted molar refractivity (Wildman–Crippen MR) is 66.7 cm³/mol. The molecule has 0 aromatic heterocycles. The Morgan fingerprint density at radius 3 is 2.89 bits per heavy atom. The molecule has 1 aromatic rings. The Morgan fingerprint density at radius 1 is 1.63 bits per heavy atom. The number of carboxylic acids is 1. The van der Waals surface area contributed by atoms with Crippen LogP contribution >= 0.6 is 0 Å². The normalized spacial score (nSPS) is 17.5. The lowest BCUT2D eigenvalue weighted by molar-refractivity contribution is -0.145. The molecule has 1 N–H and O–H groups in total. The summed E-state index contributed by atoms with van der Waals surface area (Å²) in [7, 11) is 0. The largest absolute Gasteiger partial charge is 0.481 e. The van der Waals surface area contributed by atoms with E-state index < -0.39 is 5.97 Å². The summed E-state index contributed by atoms with van der Waals surface area (Å²) >= 11 is 0. The smallest absolute Gasteiger partial charge is 0.306 e. The van der Waals surface area contributed by atoms with Crippen molar-refractivity contribution in [2.45, 2.75) is 13.5 Å². The third-order valence-corrected chi connectivity index (χ3v) is 3.65. The first-order valence-electron chi connectivity index (χ1n) is 6.15. The lowest BCUT2D eigenvalue weighted by atomic mass is 9.87. The molecule has 0 aliphatic carbocycles. The van der Waals surface area contributed by atoms with Crippen LogP contribution in [0.1, 0.15) is 18.1 Å². The molecule has 5 heteroatoms. The second kappa shape index (κ2) is 5.37. The van der Waals surface area contributed by atoms with Crippen molar-refractivity contribution in [3.63, 3.8) is 0 Å². The minimum absolute atomic E-state index is 0.125. The van der Waals surface area contributed by atoms with Gasteiger partial charge in [0, 0.05) is 25.2 Å². The van der Waals surface area contributed by atoms with Gasteiger partial charge in [0.05, 0.1) is 17.6 Å². The van der Waals surface area contributed by atoms with Crippen molar-refractivity contribution >= 4 is 5.97 Å². The fourth-order valence-corrected chi connectivity index (χ4v) is 2.26. The van der Waals surface area contributed by atoms with Crippen molar-refractivity contribution in [1.29, 1.82) is 5.26 Å². The predicted octanol–water partition coefficient (Wildman–Crippen LogP) is 1.85. The van der Waals surface area contributed by atoms with Crippen LogP contribution in [-0.4, -0.2) is 29.1 Å². The number of carboxylic acid groups (broad SMARTS) is 1. The van der Waals surface area contributed by atoms with Gasteiger partial charge in [-0.25, -0.2) is 4.39 Å². The molecule has 1 aliphatic heterocycles. The van der Waals surface area contributed by atoms with Gasteiger partial charge in [0.1, 0.15) is 5.82 Å². The maximum absolute atomic E-state index is 13.6. The summed E-state index contributed by atoms with van der Waals surface area (Å²) in [5.41, 5.74) is 0.924. The van der Waals surface area contributed by atoms with Crippen LogP contribution in [0.2, 0.25) is 0 Å². The quantitative estimate of drug-likeness (QED) is 0.899. The van der Waals surface area contributed by atoms with E-state index >= 15 is 0 Å². The first-order valence-corrected chi connectivity index (χ1v) is 6.15. The number of likely N-dealkylation sites (tertiary alicyclic amines) is 1. The Morgan fingerprint density at radius 2 is 2.32 bits per heavy atom. The highest BCUT2D eigenvalue weighted by Crippen LogP contribution is 2.26. The van der Waals surface area contributed by atoms with Crippen molar-refractivity contribution in [2.24, 2.45) is 11.8 Å². The molecular weight excluding hydrogens is 247 g/mol. The van der Waals surface area contributed by atoms with Crippen molar-refractivity contribution in [1.82, 2.24) is 4.90 Å². The number of hydrogen-bond donors (Lipinski definition) is 1. The van der Waals surface area contributed by atoms with E-state index in [1.54, 1.807) is 13.0 Å². The summed E-state index contributed by atoms with van der Waals surface area (Å²) in [5, 5.41) is 17.7. The van der Waals surface area contributed by atoms with Gasteiger partial charge in [-0.1, -0.05) is 6.92 Å². The lowest BCUT2D eigenvalue weighted by Crippen LogP contribution is -2.50. The minimum Gasteiger partial charge on any atom is -0.481 e. The van der Waals surface area contributed by atoms with Crippen molar-refractivity contribution in [3.8, 4) is 6.07 Å². The van der Waals surface area contributed by atoms with Gasteiger partial charge in [-0.3, -0.25) is 9.69 Å². The van der Waals surface area contributed by atoms with E-state index in [0.717, 1.165) is 0 Å². The van der Waals surface area contributed by atoms with E-state index in [0.29, 0.717) is 30.8 Å². The summed E-state index contributed by atoms with van der Waals surface area (Å²) in [5.74, 6) is -1.36. The number of rotatable bonds is 4. The van der Waals surface area contributed by atoms with Gasteiger partial charge in [0.2, 0.25) is 0 Å². The Balaban J connectivity index is 1.95. The van der Waals surface area contributed by atoms with E-state index in [9.17, 15) is 9.18 Å². The lowest BCUT2D eigenvalue weighted by Gasteiger charge is -2.41. The van der Waals surface area contributed by atoms with E-state index in [2.05, 4.69) is 0 Å². The second-order valence-corrected chi connectivity index (χ2v) is 5.00. The van der Waals surface area contributed by atoms with Gasteiger partial charge in [-0.15, -0.1) is 0 Å². The van der Waals surface area contributed by atoms with Gasteiger partial charge in [0.15, 0.2) is 0 Å². The Hall–Kier alpha value is -1.93. The summed E-state index contributed by atoms with van der Waals surface area (Å²) in [6, 6.07) is 6.27. The standard InChI is InChI=1S/C14H15FN2O2/c1-9(14(18)19)12-7-17(8-12)6-11-4-10(5-16)2-3-13(11)15/h2-4,9,12H,6-8H2,1H3,(H,18,19). The summed E-state index contributed by atoms with van der Waals surface area (Å²) < 4.78 is 13.6. The van der Waals surface area contributed by atoms with Crippen LogP contribution in [0.5, 0.6) is 0 Å². The number of benzene rings is 1. The van der Waals surface area contributed by atoms with Crippen LogP contribution in [0.4, 0.5) is 4.39 Å². The zero-order valence-corrected chi connectivity index (χ0v) is 10.6. The Kier molecular flexibility index (Phi) is 3.82. The molecule has 1 aliphatic rings. The van der Waals surface area contributed by atoms with Crippen LogP contribution in [-0.2, 0) is 11.3 Å². The van der Waals surface area contributed by atoms with Gasteiger partial charge in [-0.2, -0.15) is 5.26 Å². The van der Waals surface area contributed by atoms with E-state index in [4.69, 9.17) is 10.4 Å². The molecule has 0 amide bonds.